The van der Waals surface area contributed by atoms with Gasteiger partial charge in [-0.25, -0.2) is 0 Å². The van der Waals surface area contributed by atoms with Crippen LogP contribution in [-0.4, -0.2) is 37.1 Å². The standard InChI is InChI=1S/C33H56O3/c1-26(2)13-10-16-29(7)19-20-32(34)33(36-24-22-31(9)18-12-15-28(5)6)25-35-23-21-30(8)17-11-14-27(3)4/h13-15,19,21-22,32-34H,10-12,16-18,20,23-25H2,1-9H3/b29-19+,30-21+,31-22+. The van der Waals surface area contributed by atoms with Crippen molar-refractivity contribution in [3.8, 4) is 0 Å². The molecule has 0 aromatic heterocycles. The topological polar surface area (TPSA) is 38.7 Å². The summed E-state index contributed by atoms with van der Waals surface area (Å²) in [5.41, 5.74) is 8.00. The monoisotopic (exact) mass is 500 g/mol. The zero-order valence-corrected chi connectivity index (χ0v) is 25.0. The van der Waals surface area contributed by atoms with Crippen molar-refractivity contribution in [1.82, 2.24) is 0 Å². The molecule has 0 bridgehead atoms. The van der Waals surface area contributed by atoms with Gasteiger partial charge in [0.1, 0.15) is 6.10 Å². The maximum Gasteiger partial charge on any atom is 0.107 e. The van der Waals surface area contributed by atoms with Crippen LogP contribution in [0.1, 0.15) is 107 Å². The van der Waals surface area contributed by atoms with Crippen molar-refractivity contribution in [3.05, 3.63) is 69.9 Å². The summed E-state index contributed by atoms with van der Waals surface area (Å²) < 4.78 is 12.0. The van der Waals surface area contributed by atoms with E-state index in [1.54, 1.807) is 0 Å². The number of hydrogen-bond donors (Lipinski definition) is 1. The Labute approximate surface area is 223 Å². The van der Waals surface area contributed by atoms with Crippen molar-refractivity contribution in [3.63, 3.8) is 0 Å². The summed E-state index contributed by atoms with van der Waals surface area (Å²) in [7, 11) is 0. The minimum Gasteiger partial charge on any atom is -0.390 e. The number of rotatable bonds is 19. The zero-order chi connectivity index (χ0) is 27.3. The van der Waals surface area contributed by atoms with Gasteiger partial charge in [0.05, 0.1) is 25.9 Å². The Balaban J connectivity index is 4.91. The van der Waals surface area contributed by atoms with Gasteiger partial charge in [-0.15, -0.1) is 0 Å². The first-order valence-corrected chi connectivity index (χ1v) is 13.8. The molecule has 0 saturated carbocycles. The predicted octanol–water partition coefficient (Wildman–Crippen LogP) is 9.22. The van der Waals surface area contributed by atoms with Crippen LogP contribution in [0.25, 0.3) is 0 Å². The average Bonchev–Trinajstić information content (AvgIpc) is 2.78. The first-order chi connectivity index (χ1) is 17.0. The van der Waals surface area contributed by atoms with Crippen molar-refractivity contribution in [2.24, 2.45) is 0 Å². The summed E-state index contributed by atoms with van der Waals surface area (Å²) in [4.78, 5) is 0. The molecule has 0 aromatic carbocycles. The van der Waals surface area contributed by atoms with E-state index in [4.69, 9.17) is 9.47 Å². The Morgan fingerprint density at radius 3 is 1.44 bits per heavy atom. The van der Waals surface area contributed by atoms with E-state index in [1.807, 2.05) is 0 Å². The molecule has 0 aliphatic carbocycles. The highest BCUT2D eigenvalue weighted by atomic mass is 16.5. The van der Waals surface area contributed by atoms with Gasteiger partial charge in [-0.3, -0.25) is 0 Å². The fourth-order valence-electron chi connectivity index (χ4n) is 3.52. The summed E-state index contributed by atoms with van der Waals surface area (Å²) in [5.74, 6) is 0. The van der Waals surface area contributed by atoms with Gasteiger partial charge >= 0.3 is 0 Å². The molecule has 0 aliphatic rings. The van der Waals surface area contributed by atoms with Crippen LogP contribution in [0.2, 0.25) is 0 Å². The summed E-state index contributed by atoms with van der Waals surface area (Å²) in [5, 5.41) is 10.9. The Morgan fingerprint density at radius 2 is 1.00 bits per heavy atom. The number of ether oxygens (including phenoxy) is 2. The van der Waals surface area contributed by atoms with Crippen LogP contribution in [-0.2, 0) is 9.47 Å². The molecule has 3 heteroatoms. The molecule has 2 unspecified atom stereocenters. The van der Waals surface area contributed by atoms with E-state index in [0.717, 1.165) is 38.5 Å². The minimum atomic E-state index is -0.592. The Bertz CT molecular complexity index is 765. The highest BCUT2D eigenvalue weighted by Crippen LogP contribution is 2.13. The maximum absolute atomic E-state index is 10.9. The van der Waals surface area contributed by atoms with E-state index in [1.165, 1.54) is 33.4 Å². The van der Waals surface area contributed by atoms with Crippen LogP contribution in [0.3, 0.4) is 0 Å². The second kappa shape index (κ2) is 21.4. The summed E-state index contributed by atoms with van der Waals surface area (Å²) in [6.45, 7) is 20.6. The highest BCUT2D eigenvalue weighted by molar-refractivity contribution is 5.05. The van der Waals surface area contributed by atoms with Crippen LogP contribution in [0.4, 0.5) is 0 Å². The SMILES string of the molecule is CC(C)=CCC/C(C)=C/COCC(OC/C=C(\C)CCC=C(C)C)C(O)C/C=C(\C)CCC=C(C)C. The van der Waals surface area contributed by atoms with Crippen LogP contribution in [0.15, 0.2) is 69.9 Å². The smallest absolute Gasteiger partial charge is 0.107 e. The summed E-state index contributed by atoms with van der Waals surface area (Å²) in [6, 6.07) is 0. The second-order valence-electron chi connectivity index (χ2n) is 10.8. The molecule has 0 heterocycles. The molecule has 2 atom stereocenters. The van der Waals surface area contributed by atoms with Gasteiger partial charge in [0.2, 0.25) is 0 Å². The van der Waals surface area contributed by atoms with Crippen molar-refractivity contribution in [1.29, 1.82) is 0 Å². The molecule has 206 valence electrons. The number of allylic oxidation sites excluding steroid dienone is 9. The van der Waals surface area contributed by atoms with Gasteiger partial charge in [0.25, 0.3) is 0 Å². The molecular weight excluding hydrogens is 444 g/mol. The lowest BCUT2D eigenvalue weighted by molar-refractivity contribution is -0.0664. The normalized spacial score (nSPS) is 14.3. The minimum absolute atomic E-state index is 0.354. The first kappa shape index (κ1) is 34.3. The lowest BCUT2D eigenvalue weighted by Gasteiger charge is -2.22. The summed E-state index contributed by atoms with van der Waals surface area (Å²) in [6.07, 6.45) is 19.1. The molecular formula is C33H56O3. The van der Waals surface area contributed by atoms with Gasteiger partial charge in [0, 0.05) is 0 Å². The number of hydrogen-bond acceptors (Lipinski definition) is 3. The van der Waals surface area contributed by atoms with E-state index < -0.39 is 6.10 Å². The lowest BCUT2D eigenvalue weighted by atomic mass is 10.1. The van der Waals surface area contributed by atoms with Gasteiger partial charge in [-0.05, 0) is 107 Å². The highest BCUT2D eigenvalue weighted by Gasteiger charge is 2.19. The molecule has 0 amide bonds. The second-order valence-corrected chi connectivity index (χ2v) is 10.8. The first-order valence-electron chi connectivity index (χ1n) is 13.8. The van der Waals surface area contributed by atoms with Crippen molar-refractivity contribution >= 4 is 0 Å². The van der Waals surface area contributed by atoms with Gasteiger partial charge in [-0.1, -0.05) is 69.9 Å². The van der Waals surface area contributed by atoms with Crippen molar-refractivity contribution in [2.45, 2.75) is 119 Å². The van der Waals surface area contributed by atoms with Crippen molar-refractivity contribution < 1.29 is 14.6 Å². The zero-order valence-electron chi connectivity index (χ0n) is 25.0. The lowest BCUT2D eigenvalue weighted by Crippen LogP contribution is -2.33. The Hall–Kier alpha value is -1.68. The fourth-order valence-corrected chi connectivity index (χ4v) is 3.52. The molecule has 1 N–H and O–H groups in total. The van der Waals surface area contributed by atoms with Gasteiger partial charge in [-0.2, -0.15) is 0 Å². The van der Waals surface area contributed by atoms with Crippen LogP contribution in [0, 0.1) is 0 Å². The van der Waals surface area contributed by atoms with Gasteiger partial charge < -0.3 is 14.6 Å². The predicted molar refractivity (Wildman–Crippen MR) is 158 cm³/mol. The van der Waals surface area contributed by atoms with E-state index in [-0.39, 0.29) is 6.10 Å². The largest absolute Gasteiger partial charge is 0.390 e. The van der Waals surface area contributed by atoms with E-state index in [0.29, 0.717) is 26.2 Å². The van der Waals surface area contributed by atoms with E-state index in [9.17, 15) is 5.11 Å². The number of aliphatic hydroxyl groups is 1. The third-order valence-electron chi connectivity index (χ3n) is 5.98. The molecule has 0 spiro atoms. The molecule has 0 aliphatic heterocycles. The Kier molecular flexibility index (Phi) is 20.4. The average molecular weight is 501 g/mol. The fraction of sp³-hybridized carbons (Fsp3) is 0.636. The molecule has 36 heavy (non-hydrogen) atoms. The molecule has 0 fully saturated rings. The number of aliphatic hydroxyl groups excluding tert-OH is 1. The van der Waals surface area contributed by atoms with Gasteiger partial charge in [0.15, 0.2) is 0 Å². The van der Waals surface area contributed by atoms with E-state index in [2.05, 4.69) is 98.8 Å². The van der Waals surface area contributed by atoms with Crippen molar-refractivity contribution in [2.75, 3.05) is 19.8 Å². The molecule has 0 radical (unpaired) electrons. The maximum atomic E-state index is 10.9. The molecule has 3 nitrogen and oxygen atoms in total. The summed E-state index contributed by atoms with van der Waals surface area (Å²) >= 11 is 0. The van der Waals surface area contributed by atoms with Crippen LogP contribution in [0.5, 0.6) is 0 Å². The molecule has 0 rings (SSSR count). The quantitative estimate of drug-likeness (QED) is 0.142. The van der Waals surface area contributed by atoms with E-state index >= 15 is 0 Å². The molecule has 0 saturated heterocycles. The van der Waals surface area contributed by atoms with Crippen LogP contribution >= 0.6 is 0 Å². The third-order valence-corrected chi connectivity index (χ3v) is 5.98. The van der Waals surface area contributed by atoms with Crippen LogP contribution < -0.4 is 0 Å². The Morgan fingerprint density at radius 1 is 0.583 bits per heavy atom. The third kappa shape index (κ3) is 21.6. The molecule has 0 aromatic rings.